The molecular weight excluding hydrogens is 271 g/mol. The van der Waals surface area contributed by atoms with E-state index in [4.69, 9.17) is 5.73 Å². The molecule has 0 bridgehead atoms. The molecule has 0 amide bonds. The van der Waals surface area contributed by atoms with E-state index in [1.807, 2.05) is 0 Å². The van der Waals surface area contributed by atoms with E-state index >= 15 is 0 Å². The number of hydrogen-bond donors (Lipinski definition) is 1. The van der Waals surface area contributed by atoms with E-state index < -0.39 is 17.8 Å². The first kappa shape index (κ1) is 14.3. The van der Waals surface area contributed by atoms with Crippen LogP contribution in [0.3, 0.4) is 0 Å². The number of alkyl halides is 3. The molecule has 7 heteroatoms. The number of halogens is 3. The lowest BCUT2D eigenvalue weighted by Crippen LogP contribution is -2.28. The number of benzene rings is 1. The van der Waals surface area contributed by atoms with E-state index in [0.29, 0.717) is 5.56 Å². The fourth-order valence-corrected chi connectivity index (χ4v) is 1.76. The zero-order chi connectivity index (χ0) is 14.8. The molecule has 0 saturated heterocycles. The summed E-state index contributed by atoms with van der Waals surface area (Å²) in [4.78, 5) is 11.5. The van der Waals surface area contributed by atoms with E-state index in [1.54, 1.807) is 0 Å². The second-order valence-electron chi connectivity index (χ2n) is 4.27. The minimum absolute atomic E-state index is 0.0149. The predicted molar refractivity (Wildman–Crippen MR) is 66.9 cm³/mol. The standard InChI is InChI=1S/C13H12F3N3O/c14-13(15,16)10-4-1-3-9(7-10)11(17)8-19-12(20)5-2-6-18-19/h1-7,11H,8,17H2. The Kier molecular flexibility index (Phi) is 3.89. The van der Waals surface area contributed by atoms with Gasteiger partial charge in [0.1, 0.15) is 0 Å². The highest BCUT2D eigenvalue weighted by atomic mass is 19.4. The van der Waals surface area contributed by atoms with Gasteiger partial charge in [0.2, 0.25) is 0 Å². The van der Waals surface area contributed by atoms with E-state index in [1.165, 1.54) is 30.5 Å². The Hall–Kier alpha value is -2.15. The Balaban J connectivity index is 2.24. The molecule has 2 rings (SSSR count). The van der Waals surface area contributed by atoms with Gasteiger partial charge < -0.3 is 5.73 Å². The van der Waals surface area contributed by atoms with Gasteiger partial charge in [-0.3, -0.25) is 4.79 Å². The molecule has 0 aliphatic rings. The molecule has 0 aliphatic heterocycles. The summed E-state index contributed by atoms with van der Waals surface area (Å²) >= 11 is 0. The Morgan fingerprint density at radius 2 is 2.00 bits per heavy atom. The summed E-state index contributed by atoms with van der Waals surface area (Å²) in [7, 11) is 0. The van der Waals surface area contributed by atoms with Crippen molar-refractivity contribution in [3.8, 4) is 0 Å². The van der Waals surface area contributed by atoms with Crippen LogP contribution in [0.2, 0.25) is 0 Å². The summed E-state index contributed by atoms with van der Waals surface area (Å²) in [5.74, 6) is 0. The van der Waals surface area contributed by atoms with Crippen LogP contribution >= 0.6 is 0 Å². The molecule has 1 heterocycles. The highest BCUT2D eigenvalue weighted by Gasteiger charge is 2.30. The smallest absolute Gasteiger partial charge is 0.322 e. The van der Waals surface area contributed by atoms with E-state index in [9.17, 15) is 18.0 Å². The van der Waals surface area contributed by atoms with Crippen LogP contribution in [0.15, 0.2) is 47.4 Å². The number of rotatable bonds is 3. The van der Waals surface area contributed by atoms with Crippen LogP contribution in [-0.2, 0) is 12.7 Å². The third-order valence-corrected chi connectivity index (χ3v) is 2.80. The maximum atomic E-state index is 12.6. The highest BCUT2D eigenvalue weighted by Crippen LogP contribution is 2.30. The Morgan fingerprint density at radius 3 is 2.65 bits per heavy atom. The van der Waals surface area contributed by atoms with Crippen molar-refractivity contribution in [2.24, 2.45) is 5.73 Å². The van der Waals surface area contributed by atoms with Gasteiger partial charge in [0.05, 0.1) is 12.1 Å². The van der Waals surface area contributed by atoms with Gasteiger partial charge in [0.15, 0.2) is 0 Å². The average Bonchev–Trinajstić information content (AvgIpc) is 2.40. The molecule has 1 unspecified atom stereocenters. The summed E-state index contributed by atoms with van der Waals surface area (Å²) in [6, 6.07) is 6.79. The quantitative estimate of drug-likeness (QED) is 0.936. The van der Waals surface area contributed by atoms with Gasteiger partial charge in [0.25, 0.3) is 5.56 Å². The van der Waals surface area contributed by atoms with Crippen molar-refractivity contribution in [2.45, 2.75) is 18.8 Å². The second kappa shape index (κ2) is 5.46. The van der Waals surface area contributed by atoms with Crippen molar-refractivity contribution < 1.29 is 13.2 Å². The summed E-state index contributed by atoms with van der Waals surface area (Å²) in [6.07, 6.45) is -3.00. The molecule has 0 aliphatic carbocycles. The van der Waals surface area contributed by atoms with Crippen LogP contribution < -0.4 is 11.3 Å². The third kappa shape index (κ3) is 3.24. The highest BCUT2D eigenvalue weighted by molar-refractivity contribution is 5.27. The lowest BCUT2D eigenvalue weighted by Gasteiger charge is -2.15. The van der Waals surface area contributed by atoms with Crippen molar-refractivity contribution in [2.75, 3.05) is 0 Å². The molecule has 106 valence electrons. The summed E-state index contributed by atoms with van der Waals surface area (Å²) in [5, 5.41) is 3.82. The van der Waals surface area contributed by atoms with E-state index in [2.05, 4.69) is 5.10 Å². The van der Waals surface area contributed by atoms with Gasteiger partial charge in [-0.25, -0.2) is 4.68 Å². The molecule has 2 aromatic rings. The monoisotopic (exact) mass is 283 g/mol. The maximum Gasteiger partial charge on any atom is 0.416 e. The van der Waals surface area contributed by atoms with Crippen molar-refractivity contribution in [3.63, 3.8) is 0 Å². The minimum atomic E-state index is -4.42. The molecule has 1 aromatic heterocycles. The molecule has 0 saturated carbocycles. The summed E-state index contributed by atoms with van der Waals surface area (Å²) in [6.45, 7) is 0.0149. The lowest BCUT2D eigenvalue weighted by molar-refractivity contribution is -0.137. The first-order valence-corrected chi connectivity index (χ1v) is 5.83. The Labute approximate surface area is 112 Å². The molecular formula is C13H12F3N3O. The largest absolute Gasteiger partial charge is 0.416 e. The molecule has 4 nitrogen and oxygen atoms in total. The molecule has 0 spiro atoms. The lowest BCUT2D eigenvalue weighted by atomic mass is 10.0. The predicted octanol–water partition coefficient (Wildman–Crippen LogP) is 1.96. The van der Waals surface area contributed by atoms with Gasteiger partial charge in [-0.2, -0.15) is 18.3 Å². The fraction of sp³-hybridized carbons (Fsp3) is 0.231. The maximum absolute atomic E-state index is 12.6. The van der Waals surface area contributed by atoms with E-state index in [0.717, 1.165) is 16.8 Å². The molecule has 2 N–H and O–H groups in total. The Bertz CT molecular complexity index is 652. The van der Waals surface area contributed by atoms with Crippen LogP contribution in [0, 0.1) is 0 Å². The normalized spacial score (nSPS) is 13.2. The van der Waals surface area contributed by atoms with Crippen molar-refractivity contribution in [3.05, 3.63) is 64.1 Å². The zero-order valence-corrected chi connectivity index (χ0v) is 10.3. The Morgan fingerprint density at radius 1 is 1.25 bits per heavy atom. The topological polar surface area (TPSA) is 60.9 Å². The van der Waals surface area contributed by atoms with Crippen LogP contribution in [0.1, 0.15) is 17.2 Å². The molecule has 20 heavy (non-hydrogen) atoms. The van der Waals surface area contributed by atoms with Crippen LogP contribution in [-0.4, -0.2) is 9.78 Å². The van der Waals surface area contributed by atoms with Gasteiger partial charge >= 0.3 is 6.18 Å². The van der Waals surface area contributed by atoms with Crippen LogP contribution in [0.25, 0.3) is 0 Å². The summed E-state index contributed by atoms with van der Waals surface area (Å²) in [5.41, 5.74) is 5.03. The van der Waals surface area contributed by atoms with Crippen LogP contribution in [0.5, 0.6) is 0 Å². The van der Waals surface area contributed by atoms with Gasteiger partial charge in [-0.15, -0.1) is 0 Å². The number of aromatic nitrogens is 2. The van der Waals surface area contributed by atoms with Crippen molar-refractivity contribution in [1.29, 1.82) is 0 Å². The number of nitrogens with two attached hydrogens (primary N) is 1. The molecule has 1 aromatic carbocycles. The molecule has 1 atom stereocenters. The summed E-state index contributed by atoms with van der Waals surface area (Å²) < 4.78 is 39.0. The molecule has 0 radical (unpaired) electrons. The minimum Gasteiger partial charge on any atom is -0.322 e. The SMILES string of the molecule is NC(Cn1ncccc1=O)c1cccc(C(F)(F)F)c1. The third-order valence-electron chi connectivity index (χ3n) is 2.80. The molecule has 0 fully saturated rings. The number of nitrogens with zero attached hydrogens (tertiary/aromatic N) is 2. The van der Waals surface area contributed by atoms with Gasteiger partial charge in [0, 0.05) is 18.3 Å². The van der Waals surface area contributed by atoms with E-state index in [-0.39, 0.29) is 12.1 Å². The average molecular weight is 283 g/mol. The van der Waals surface area contributed by atoms with Crippen molar-refractivity contribution >= 4 is 0 Å². The number of hydrogen-bond acceptors (Lipinski definition) is 3. The first-order valence-electron chi connectivity index (χ1n) is 5.83. The zero-order valence-electron chi connectivity index (χ0n) is 10.3. The van der Waals surface area contributed by atoms with Gasteiger partial charge in [-0.05, 0) is 23.8 Å². The first-order chi connectivity index (χ1) is 9.38. The van der Waals surface area contributed by atoms with Crippen molar-refractivity contribution in [1.82, 2.24) is 9.78 Å². The second-order valence-corrected chi connectivity index (χ2v) is 4.27. The van der Waals surface area contributed by atoms with Gasteiger partial charge in [-0.1, -0.05) is 12.1 Å². The fourth-order valence-electron chi connectivity index (χ4n) is 1.76. The van der Waals surface area contributed by atoms with Crippen LogP contribution in [0.4, 0.5) is 13.2 Å².